The van der Waals surface area contributed by atoms with Crippen molar-refractivity contribution in [3.63, 3.8) is 0 Å². The van der Waals surface area contributed by atoms with Gasteiger partial charge in [0, 0.05) is 24.6 Å². The third-order valence-corrected chi connectivity index (χ3v) is 4.85. The van der Waals surface area contributed by atoms with E-state index in [2.05, 4.69) is 34.9 Å². The molecule has 126 valence electrons. The van der Waals surface area contributed by atoms with Crippen molar-refractivity contribution in [1.82, 2.24) is 10.6 Å². The van der Waals surface area contributed by atoms with Gasteiger partial charge in [0.2, 0.25) is 6.79 Å². The van der Waals surface area contributed by atoms with Gasteiger partial charge in [0.15, 0.2) is 16.6 Å². The standard InChI is InChI=1S/C18H20N2O2S2/c23-18(19-8-9-24-12-14-4-2-1-3-5-14)20-11-15-6-7-16-17(10-15)22-13-21-16/h1-7,10H,8-9,11-13H2,(H2,19,20,23). The quantitative estimate of drug-likeness (QED) is 0.583. The molecular formula is C18H20N2O2S2. The molecule has 0 saturated heterocycles. The normalized spacial score (nSPS) is 12.0. The van der Waals surface area contributed by atoms with Crippen LogP contribution >= 0.6 is 24.0 Å². The van der Waals surface area contributed by atoms with Gasteiger partial charge in [-0.1, -0.05) is 36.4 Å². The third kappa shape index (κ3) is 5.04. The van der Waals surface area contributed by atoms with Crippen LogP contribution in [0.2, 0.25) is 0 Å². The van der Waals surface area contributed by atoms with E-state index in [4.69, 9.17) is 21.7 Å². The van der Waals surface area contributed by atoms with E-state index in [0.717, 1.165) is 35.1 Å². The molecule has 1 aliphatic heterocycles. The Morgan fingerprint density at radius 2 is 1.83 bits per heavy atom. The average Bonchev–Trinajstić information content (AvgIpc) is 3.08. The summed E-state index contributed by atoms with van der Waals surface area (Å²) in [6.45, 7) is 1.82. The minimum Gasteiger partial charge on any atom is -0.454 e. The molecule has 6 heteroatoms. The molecule has 0 amide bonds. The Hall–Kier alpha value is -1.92. The smallest absolute Gasteiger partial charge is 0.231 e. The number of thiocarbonyl (C=S) groups is 1. The minimum absolute atomic E-state index is 0.298. The van der Waals surface area contributed by atoms with Crippen LogP contribution in [0.25, 0.3) is 0 Å². The summed E-state index contributed by atoms with van der Waals surface area (Å²) in [7, 11) is 0. The van der Waals surface area contributed by atoms with E-state index in [1.165, 1.54) is 5.56 Å². The van der Waals surface area contributed by atoms with Crippen LogP contribution in [-0.4, -0.2) is 24.2 Å². The largest absolute Gasteiger partial charge is 0.454 e. The second-order valence-electron chi connectivity index (χ2n) is 5.34. The van der Waals surface area contributed by atoms with Gasteiger partial charge in [-0.2, -0.15) is 11.8 Å². The summed E-state index contributed by atoms with van der Waals surface area (Å²) in [5.41, 5.74) is 2.47. The molecule has 0 aliphatic carbocycles. The zero-order valence-electron chi connectivity index (χ0n) is 13.3. The Morgan fingerprint density at radius 3 is 2.71 bits per heavy atom. The number of benzene rings is 2. The van der Waals surface area contributed by atoms with Crippen LogP contribution in [0.5, 0.6) is 11.5 Å². The van der Waals surface area contributed by atoms with Gasteiger partial charge in [-0.05, 0) is 35.5 Å². The van der Waals surface area contributed by atoms with Crippen molar-refractivity contribution < 1.29 is 9.47 Å². The van der Waals surface area contributed by atoms with Crippen LogP contribution in [0.4, 0.5) is 0 Å². The molecule has 0 radical (unpaired) electrons. The van der Waals surface area contributed by atoms with Crippen molar-refractivity contribution in [3.8, 4) is 11.5 Å². The molecule has 0 atom stereocenters. The molecule has 0 unspecified atom stereocenters. The first-order valence-corrected chi connectivity index (χ1v) is 9.39. The topological polar surface area (TPSA) is 42.5 Å². The van der Waals surface area contributed by atoms with Gasteiger partial charge in [-0.3, -0.25) is 0 Å². The Labute approximate surface area is 151 Å². The van der Waals surface area contributed by atoms with Crippen LogP contribution in [0.3, 0.4) is 0 Å². The zero-order chi connectivity index (χ0) is 16.6. The fraction of sp³-hybridized carbons (Fsp3) is 0.278. The molecule has 0 fully saturated rings. The van der Waals surface area contributed by atoms with Crippen molar-refractivity contribution in [2.45, 2.75) is 12.3 Å². The summed E-state index contributed by atoms with van der Waals surface area (Å²) in [5.74, 6) is 3.64. The van der Waals surface area contributed by atoms with Crippen molar-refractivity contribution in [3.05, 3.63) is 59.7 Å². The third-order valence-electron chi connectivity index (χ3n) is 3.53. The predicted molar refractivity (Wildman–Crippen MR) is 103 cm³/mol. The molecule has 0 bridgehead atoms. The number of fused-ring (bicyclic) bond motifs is 1. The predicted octanol–water partition coefficient (Wildman–Crippen LogP) is 3.31. The summed E-state index contributed by atoms with van der Waals surface area (Å²) in [5, 5.41) is 7.12. The van der Waals surface area contributed by atoms with E-state index >= 15 is 0 Å². The molecular weight excluding hydrogens is 340 g/mol. The number of rotatable bonds is 7. The summed E-state index contributed by atoms with van der Waals surface area (Å²) in [4.78, 5) is 0. The number of thioether (sulfide) groups is 1. The summed E-state index contributed by atoms with van der Waals surface area (Å²) in [6.07, 6.45) is 0. The molecule has 2 aromatic carbocycles. The lowest BCUT2D eigenvalue weighted by atomic mass is 10.2. The molecule has 24 heavy (non-hydrogen) atoms. The Morgan fingerprint density at radius 1 is 1.00 bits per heavy atom. The Bertz CT molecular complexity index is 680. The molecule has 1 heterocycles. The minimum atomic E-state index is 0.298. The Kier molecular flexibility index (Phi) is 6.20. The molecule has 2 aromatic rings. The average molecular weight is 361 g/mol. The maximum Gasteiger partial charge on any atom is 0.231 e. The van der Waals surface area contributed by atoms with Gasteiger partial charge in [0.1, 0.15) is 0 Å². The number of nitrogens with one attached hydrogen (secondary N) is 2. The number of hydrogen-bond donors (Lipinski definition) is 2. The molecule has 0 saturated carbocycles. The van der Waals surface area contributed by atoms with E-state index in [-0.39, 0.29) is 0 Å². The monoisotopic (exact) mass is 360 g/mol. The second kappa shape index (κ2) is 8.80. The van der Waals surface area contributed by atoms with E-state index in [0.29, 0.717) is 18.5 Å². The van der Waals surface area contributed by atoms with Gasteiger partial charge in [0.05, 0.1) is 0 Å². The van der Waals surface area contributed by atoms with Crippen LogP contribution in [0.15, 0.2) is 48.5 Å². The fourth-order valence-electron chi connectivity index (χ4n) is 2.30. The summed E-state index contributed by atoms with van der Waals surface area (Å²) < 4.78 is 10.7. The number of hydrogen-bond acceptors (Lipinski definition) is 4. The first kappa shape index (κ1) is 16.9. The molecule has 0 aromatic heterocycles. The molecule has 0 spiro atoms. The maximum atomic E-state index is 5.37. The van der Waals surface area contributed by atoms with Gasteiger partial charge >= 0.3 is 0 Å². The molecule has 4 nitrogen and oxygen atoms in total. The van der Waals surface area contributed by atoms with E-state index < -0.39 is 0 Å². The highest BCUT2D eigenvalue weighted by atomic mass is 32.2. The van der Waals surface area contributed by atoms with Crippen LogP contribution in [0, 0.1) is 0 Å². The first-order valence-electron chi connectivity index (χ1n) is 7.83. The molecule has 1 aliphatic rings. The highest BCUT2D eigenvalue weighted by Crippen LogP contribution is 2.32. The summed E-state index contributed by atoms with van der Waals surface area (Å²) >= 11 is 7.20. The van der Waals surface area contributed by atoms with Crippen molar-refractivity contribution in [2.75, 3.05) is 19.1 Å². The highest BCUT2D eigenvalue weighted by molar-refractivity contribution is 7.98. The lowest BCUT2D eigenvalue weighted by Gasteiger charge is -2.11. The maximum absolute atomic E-state index is 5.37. The summed E-state index contributed by atoms with van der Waals surface area (Å²) in [6, 6.07) is 16.4. The lowest BCUT2D eigenvalue weighted by molar-refractivity contribution is 0.174. The SMILES string of the molecule is S=C(NCCSCc1ccccc1)NCc1ccc2c(c1)OCO2. The van der Waals surface area contributed by atoms with E-state index in [1.54, 1.807) is 0 Å². The van der Waals surface area contributed by atoms with Gasteiger partial charge in [0.25, 0.3) is 0 Å². The highest BCUT2D eigenvalue weighted by Gasteiger charge is 2.12. The van der Waals surface area contributed by atoms with Crippen molar-refractivity contribution >= 4 is 29.1 Å². The van der Waals surface area contributed by atoms with Crippen LogP contribution in [-0.2, 0) is 12.3 Å². The zero-order valence-corrected chi connectivity index (χ0v) is 14.9. The molecule has 2 N–H and O–H groups in total. The van der Waals surface area contributed by atoms with E-state index in [1.807, 2.05) is 36.0 Å². The molecule has 3 rings (SSSR count). The van der Waals surface area contributed by atoms with Crippen LogP contribution < -0.4 is 20.1 Å². The Balaban J connectivity index is 1.30. The van der Waals surface area contributed by atoms with Crippen molar-refractivity contribution in [2.24, 2.45) is 0 Å². The van der Waals surface area contributed by atoms with Gasteiger partial charge in [-0.15, -0.1) is 0 Å². The van der Waals surface area contributed by atoms with Crippen LogP contribution in [0.1, 0.15) is 11.1 Å². The fourth-order valence-corrected chi connectivity index (χ4v) is 3.29. The van der Waals surface area contributed by atoms with E-state index in [9.17, 15) is 0 Å². The van der Waals surface area contributed by atoms with Crippen molar-refractivity contribution in [1.29, 1.82) is 0 Å². The van der Waals surface area contributed by atoms with Gasteiger partial charge < -0.3 is 20.1 Å². The lowest BCUT2D eigenvalue weighted by Crippen LogP contribution is -2.36. The second-order valence-corrected chi connectivity index (χ2v) is 6.85. The van der Waals surface area contributed by atoms with Gasteiger partial charge in [-0.25, -0.2) is 0 Å². The first-order chi connectivity index (χ1) is 11.8. The number of ether oxygens (including phenoxy) is 2.